The van der Waals surface area contributed by atoms with Crippen LogP contribution in [0.25, 0.3) is 0 Å². The molecule has 0 unspecified atom stereocenters. The molecule has 0 saturated carbocycles. The standard InChI is InChI=1S/C51H84N2O18/c1-15-34-51(10,60)42(56)27(4)36(52-71-41-38(55)47(61-13)66-33-24-63-46(69-40(33)41)31-19-17-16-18-20-31)25(2)22-49(8,59)44(70-48-37(54)32(53(11)12)21-26(3)64-48)28(5)39(29(6)45(58)67-34)68-35-23-50(9,62-14)43(57)30(7)65-35/h16-20,25-30,32-35,37-44,46-48,54-57,59-60H,15,21-24H2,1-14H3/b52-36+/t25-,26-,27+,28+,29-,30+,32+,33-,34+,35+,37-,38-,39+,40-,41+,42-,43+,44-,46-,47-,48+,49-,50-,51-/m1/s1. The molecule has 406 valence electrons. The number of cyclic esters (lactones) is 1. The summed E-state index contributed by atoms with van der Waals surface area (Å²) in [5.41, 5.74) is -4.19. The van der Waals surface area contributed by atoms with Crippen LogP contribution in [0.1, 0.15) is 107 Å². The highest BCUT2D eigenvalue weighted by Crippen LogP contribution is 2.42. The number of esters is 1. The van der Waals surface area contributed by atoms with Crippen molar-refractivity contribution in [2.45, 2.75) is 216 Å². The van der Waals surface area contributed by atoms with E-state index >= 15 is 0 Å². The van der Waals surface area contributed by atoms with Crippen LogP contribution in [-0.2, 0) is 57.0 Å². The number of benzene rings is 1. The highest BCUT2D eigenvalue weighted by Gasteiger charge is 2.55. The summed E-state index contributed by atoms with van der Waals surface area (Å²) in [6, 6.07) is 8.88. The zero-order valence-electron chi connectivity index (χ0n) is 44.0. The fourth-order valence-electron chi connectivity index (χ4n) is 11.4. The normalized spacial score (nSPS) is 48.1. The smallest absolute Gasteiger partial charge is 0.311 e. The molecule has 0 bridgehead atoms. The third kappa shape index (κ3) is 12.5. The molecule has 6 N–H and O–H groups in total. The Hall–Kier alpha value is -2.48. The number of rotatable bonds is 11. The predicted molar refractivity (Wildman–Crippen MR) is 255 cm³/mol. The van der Waals surface area contributed by atoms with E-state index < -0.39 is 139 Å². The molecule has 20 nitrogen and oxygen atoms in total. The lowest BCUT2D eigenvalue weighted by molar-refractivity contribution is -0.363. The molecule has 5 heterocycles. The van der Waals surface area contributed by atoms with Crippen LogP contribution < -0.4 is 0 Å². The minimum absolute atomic E-state index is 0.0567. The third-order valence-electron chi connectivity index (χ3n) is 15.7. The Kier molecular flexibility index (Phi) is 19.2. The molecule has 0 radical (unpaired) electrons. The second kappa shape index (κ2) is 23.6. The number of hydrogen-bond acceptors (Lipinski definition) is 20. The van der Waals surface area contributed by atoms with Gasteiger partial charge in [-0.15, -0.1) is 0 Å². The number of aliphatic hydroxyl groups excluding tert-OH is 4. The van der Waals surface area contributed by atoms with Crippen LogP contribution in [0, 0.1) is 23.7 Å². The maximum absolute atomic E-state index is 14.6. The van der Waals surface area contributed by atoms with E-state index in [0.29, 0.717) is 6.42 Å². The third-order valence-corrected chi connectivity index (χ3v) is 15.7. The lowest BCUT2D eigenvalue weighted by Crippen LogP contribution is -2.62. The maximum Gasteiger partial charge on any atom is 0.311 e. The van der Waals surface area contributed by atoms with Crippen molar-refractivity contribution in [3.05, 3.63) is 35.9 Å². The molecule has 5 aliphatic heterocycles. The molecule has 0 spiro atoms. The minimum atomic E-state index is -2.09. The summed E-state index contributed by atoms with van der Waals surface area (Å²) in [5, 5.41) is 77.1. The molecule has 24 atom stereocenters. The van der Waals surface area contributed by atoms with Gasteiger partial charge in [-0.2, -0.15) is 0 Å². The zero-order chi connectivity index (χ0) is 52.5. The van der Waals surface area contributed by atoms with Crippen molar-refractivity contribution in [3.63, 3.8) is 0 Å². The van der Waals surface area contributed by atoms with Gasteiger partial charge in [0.25, 0.3) is 0 Å². The molecule has 5 aliphatic rings. The summed E-state index contributed by atoms with van der Waals surface area (Å²) in [6.45, 7) is 16.8. The van der Waals surface area contributed by atoms with Crippen molar-refractivity contribution in [1.29, 1.82) is 0 Å². The summed E-state index contributed by atoms with van der Waals surface area (Å²) in [7, 11) is 6.56. The summed E-state index contributed by atoms with van der Waals surface area (Å²) in [5.74, 6) is -4.67. The van der Waals surface area contributed by atoms with Crippen LogP contribution in [0.4, 0.5) is 0 Å². The molecule has 6 rings (SSSR count). The molecular formula is C51H84N2O18. The number of fused-ring (bicyclic) bond motifs is 1. The number of aliphatic hydroxyl groups is 6. The Morgan fingerprint density at radius 2 is 1.49 bits per heavy atom. The molecule has 5 fully saturated rings. The van der Waals surface area contributed by atoms with Crippen LogP contribution in [0.2, 0.25) is 0 Å². The number of carbonyl (C=O) groups is 1. The predicted octanol–water partition coefficient (Wildman–Crippen LogP) is 2.80. The molecular weight excluding hydrogens is 929 g/mol. The fraction of sp³-hybridized carbons (Fsp3) is 0.843. The SMILES string of the molecule is CC[C@@H]1OC(=O)[C@H](C)[C@@H](O[C@H]2C[C@@](C)(OC)[C@@H](O)[C@H](C)O2)[C@H](C)[C@@H](O[C@@H]2O[C@H](C)C[C@H](N(C)C)[C@H]2O)[C@](C)(O)C[C@@H](C)/C(=N\O[C@H]2[C@@H](O)[C@H](OC)O[C@@H]3CO[C@@H](c4ccccc4)O[C@@H]23)[C@H](C)[C@@H](O)[C@]1(C)O. The first-order valence-corrected chi connectivity index (χ1v) is 25.2. The van der Waals surface area contributed by atoms with E-state index in [1.54, 1.807) is 55.4 Å². The molecule has 5 saturated heterocycles. The van der Waals surface area contributed by atoms with Gasteiger partial charge in [0.2, 0.25) is 0 Å². The van der Waals surface area contributed by atoms with Crippen molar-refractivity contribution in [1.82, 2.24) is 4.90 Å². The largest absolute Gasteiger partial charge is 0.459 e. The number of ether oxygens (including phenoxy) is 10. The van der Waals surface area contributed by atoms with Crippen LogP contribution in [-0.4, -0.2) is 197 Å². The van der Waals surface area contributed by atoms with Crippen molar-refractivity contribution in [3.8, 4) is 0 Å². The molecule has 1 aromatic rings. The topological polar surface area (TPSA) is 256 Å². The van der Waals surface area contributed by atoms with Crippen LogP contribution in [0.15, 0.2) is 35.5 Å². The first-order valence-electron chi connectivity index (χ1n) is 25.2. The maximum atomic E-state index is 14.6. The van der Waals surface area contributed by atoms with E-state index in [4.69, 9.17) is 57.4 Å². The molecule has 0 aromatic heterocycles. The highest BCUT2D eigenvalue weighted by atomic mass is 16.8. The lowest BCUT2D eigenvalue weighted by atomic mass is 9.73. The Morgan fingerprint density at radius 3 is 2.11 bits per heavy atom. The second-order valence-electron chi connectivity index (χ2n) is 21.6. The summed E-state index contributed by atoms with van der Waals surface area (Å²) >= 11 is 0. The van der Waals surface area contributed by atoms with Crippen LogP contribution >= 0.6 is 0 Å². The first kappa shape index (κ1) is 57.8. The number of hydrogen-bond donors (Lipinski definition) is 6. The fourth-order valence-corrected chi connectivity index (χ4v) is 11.4. The molecule has 20 heteroatoms. The Bertz CT molecular complexity index is 1890. The summed E-state index contributed by atoms with van der Waals surface area (Å²) in [4.78, 5) is 22.9. The van der Waals surface area contributed by atoms with E-state index in [2.05, 4.69) is 0 Å². The number of likely N-dealkylation sites (N-methyl/N-ethyl adjacent to an activating group) is 1. The van der Waals surface area contributed by atoms with Crippen molar-refractivity contribution in [2.24, 2.45) is 28.8 Å². The van der Waals surface area contributed by atoms with Gasteiger partial charge in [0.15, 0.2) is 31.3 Å². The number of nitrogens with zero attached hydrogens (tertiary/aromatic N) is 2. The van der Waals surface area contributed by atoms with Gasteiger partial charge in [0.05, 0.1) is 60.0 Å². The van der Waals surface area contributed by atoms with Crippen LogP contribution in [0.3, 0.4) is 0 Å². The zero-order valence-corrected chi connectivity index (χ0v) is 44.0. The first-order chi connectivity index (χ1) is 33.3. The molecule has 0 amide bonds. The Balaban J connectivity index is 1.45. The Labute approximate surface area is 419 Å². The average molecular weight is 1010 g/mol. The molecule has 71 heavy (non-hydrogen) atoms. The minimum Gasteiger partial charge on any atom is -0.459 e. The second-order valence-corrected chi connectivity index (χ2v) is 21.6. The van der Waals surface area contributed by atoms with Gasteiger partial charge in [0, 0.05) is 50.0 Å². The van der Waals surface area contributed by atoms with E-state index in [1.807, 2.05) is 56.3 Å². The van der Waals surface area contributed by atoms with Gasteiger partial charge in [0.1, 0.15) is 42.2 Å². The van der Waals surface area contributed by atoms with E-state index in [1.165, 1.54) is 21.1 Å². The van der Waals surface area contributed by atoms with Crippen LogP contribution in [0.5, 0.6) is 0 Å². The quantitative estimate of drug-likeness (QED) is 0.138. The van der Waals surface area contributed by atoms with Gasteiger partial charge >= 0.3 is 5.97 Å². The van der Waals surface area contributed by atoms with Gasteiger partial charge in [-0.05, 0) is 74.9 Å². The van der Waals surface area contributed by atoms with Crippen molar-refractivity contribution < 1.29 is 87.6 Å². The number of oxime groups is 1. The summed E-state index contributed by atoms with van der Waals surface area (Å²) < 4.78 is 62.1. The monoisotopic (exact) mass is 1010 g/mol. The van der Waals surface area contributed by atoms with E-state index in [-0.39, 0.29) is 43.7 Å². The summed E-state index contributed by atoms with van der Waals surface area (Å²) in [6.07, 6.45) is -16.8. The average Bonchev–Trinajstić information content (AvgIpc) is 3.33. The number of carbonyl (C=O) groups excluding carboxylic acids is 1. The van der Waals surface area contributed by atoms with Gasteiger partial charge in [-0.3, -0.25) is 4.79 Å². The van der Waals surface area contributed by atoms with Crippen molar-refractivity contribution >= 4 is 11.7 Å². The number of methoxy groups -OCH3 is 2. The van der Waals surface area contributed by atoms with E-state index in [9.17, 15) is 35.4 Å². The lowest BCUT2D eigenvalue weighted by Gasteiger charge is -2.49. The highest BCUT2D eigenvalue weighted by molar-refractivity contribution is 5.88. The molecule has 1 aromatic carbocycles. The Morgan fingerprint density at radius 1 is 0.817 bits per heavy atom. The van der Waals surface area contributed by atoms with Crippen molar-refractivity contribution in [2.75, 3.05) is 34.9 Å². The van der Waals surface area contributed by atoms with Gasteiger partial charge < -0.3 is 87.7 Å². The van der Waals surface area contributed by atoms with Gasteiger partial charge in [-0.1, -0.05) is 63.2 Å². The van der Waals surface area contributed by atoms with E-state index in [0.717, 1.165) is 5.56 Å². The van der Waals surface area contributed by atoms with Gasteiger partial charge in [-0.25, -0.2) is 0 Å². The molecule has 0 aliphatic carbocycles.